The van der Waals surface area contributed by atoms with Gasteiger partial charge in [-0.1, -0.05) is 12.1 Å². The second-order valence-electron chi connectivity index (χ2n) is 8.89. The Hall–Kier alpha value is -3.97. The minimum absolute atomic E-state index is 0.0102. The number of carbonyl (C=O) groups is 2. The van der Waals surface area contributed by atoms with E-state index < -0.39 is 116 Å². The highest BCUT2D eigenvalue weighted by atomic mass is 19.4. The van der Waals surface area contributed by atoms with Crippen molar-refractivity contribution < 1.29 is 45.2 Å². The van der Waals surface area contributed by atoms with E-state index in [-0.39, 0.29) is 16.1 Å². The van der Waals surface area contributed by atoms with Crippen LogP contribution in [0.2, 0.25) is 0 Å². The Morgan fingerprint density at radius 1 is 1.12 bits per heavy atom. The molecule has 1 aromatic carbocycles. The van der Waals surface area contributed by atoms with Crippen molar-refractivity contribution in [1.82, 2.24) is 29.7 Å². The molecule has 0 spiro atoms. The Labute approximate surface area is 239 Å². The molecule has 2 saturated heterocycles. The molecule has 9 nitrogen and oxygen atoms in total. The second kappa shape index (κ2) is 10.9. The van der Waals surface area contributed by atoms with Gasteiger partial charge in [-0.15, -0.1) is 0 Å². The molecule has 0 bridgehead atoms. The fourth-order valence-electron chi connectivity index (χ4n) is 4.42. The number of aromatic amines is 1. The number of hydrogen-bond donors (Lipinski definition) is 2. The normalized spacial score (nSPS) is 31.1. The number of amides is 3. The van der Waals surface area contributed by atoms with Crippen LogP contribution in [0.4, 0.5) is 26.7 Å². The summed E-state index contributed by atoms with van der Waals surface area (Å²) >= 11 is 0. The number of H-pyrrole nitrogens is 1. The van der Waals surface area contributed by atoms with Gasteiger partial charge in [0.25, 0.3) is 0 Å². The highest BCUT2D eigenvalue weighted by Crippen LogP contribution is 2.32. The van der Waals surface area contributed by atoms with Gasteiger partial charge in [-0.3, -0.25) is 14.3 Å². The molecule has 0 radical (unpaired) electrons. The van der Waals surface area contributed by atoms with E-state index in [0.717, 1.165) is 12.1 Å². The summed E-state index contributed by atoms with van der Waals surface area (Å²) in [4.78, 5) is 45.7. The summed E-state index contributed by atoms with van der Waals surface area (Å²) in [6, 6.07) is -2.38. The maximum atomic E-state index is 14.8. The molecule has 2 aromatic heterocycles. The van der Waals surface area contributed by atoms with Crippen molar-refractivity contribution in [2.75, 3.05) is 26.1 Å². The van der Waals surface area contributed by atoms with Gasteiger partial charge in [0, 0.05) is 51.4 Å². The van der Waals surface area contributed by atoms with Crippen molar-refractivity contribution in [3.05, 3.63) is 64.2 Å². The van der Waals surface area contributed by atoms with Gasteiger partial charge in [-0.05, 0) is 49.3 Å². The predicted octanol–water partition coefficient (Wildman–Crippen LogP) is 3.69. The molecule has 2 aliphatic heterocycles. The number of halogens is 5. The van der Waals surface area contributed by atoms with Gasteiger partial charge in [0.05, 0.1) is 5.52 Å². The summed E-state index contributed by atoms with van der Waals surface area (Å²) in [6.07, 6.45) is -15.5. The number of pyridine rings is 1. The number of carbonyl (C=O) groups excluding carboxylic acids is 2. The van der Waals surface area contributed by atoms with Gasteiger partial charge in [-0.25, -0.2) is 23.4 Å². The topological polar surface area (TPSA) is 103 Å². The summed E-state index contributed by atoms with van der Waals surface area (Å²) in [6.45, 7) is -11.0. The van der Waals surface area contributed by atoms with Gasteiger partial charge < -0.3 is 15.1 Å². The number of alkyl halides is 3. The Balaban J connectivity index is 1.58. The van der Waals surface area contributed by atoms with Crippen molar-refractivity contribution in [3.63, 3.8) is 0 Å². The maximum absolute atomic E-state index is 14.8. The quantitative estimate of drug-likeness (QED) is 0.463. The van der Waals surface area contributed by atoms with Crippen molar-refractivity contribution >= 4 is 23.1 Å². The van der Waals surface area contributed by atoms with Crippen LogP contribution < -0.4 is 11.0 Å². The average molecular weight is 577 g/mol. The molecule has 0 aliphatic carbocycles. The van der Waals surface area contributed by atoms with Crippen LogP contribution >= 0.6 is 0 Å². The molecule has 2 fully saturated rings. The molecule has 2 atom stereocenters. The van der Waals surface area contributed by atoms with Crippen molar-refractivity contribution in [3.8, 4) is 0 Å². The number of aromatic nitrogens is 3. The fourth-order valence-corrected chi connectivity index (χ4v) is 4.42. The van der Waals surface area contributed by atoms with Gasteiger partial charge in [0.2, 0.25) is 5.91 Å². The molecule has 40 heavy (non-hydrogen) atoms. The summed E-state index contributed by atoms with van der Waals surface area (Å²) in [5.41, 5.74) is -2.27. The number of benzene rings is 1. The van der Waals surface area contributed by atoms with Crippen molar-refractivity contribution in [2.24, 2.45) is 0 Å². The molecule has 214 valence electrons. The molecule has 3 amide bonds. The van der Waals surface area contributed by atoms with E-state index in [1.165, 1.54) is 18.3 Å². The minimum Gasteiger partial charge on any atom is -0.331 e. The Bertz CT molecular complexity index is 1880. The number of urea groups is 1. The van der Waals surface area contributed by atoms with E-state index >= 15 is 0 Å². The number of fused-ring (bicyclic) bond motifs is 1. The largest absolute Gasteiger partial charge is 0.406 e. The van der Waals surface area contributed by atoms with Crippen molar-refractivity contribution in [2.45, 2.75) is 49.7 Å². The van der Waals surface area contributed by atoms with Crippen LogP contribution in [-0.2, 0) is 4.79 Å². The third-order valence-corrected chi connectivity index (χ3v) is 6.20. The average Bonchev–Trinajstić information content (AvgIpc) is 3.25. The number of rotatable bonds is 4. The monoisotopic (exact) mass is 576 g/mol. The molecule has 2 aliphatic rings. The molecule has 4 heterocycles. The lowest BCUT2D eigenvalue weighted by molar-refractivity contribution is -0.162. The van der Waals surface area contributed by atoms with Crippen LogP contribution in [0.5, 0.6) is 0 Å². The summed E-state index contributed by atoms with van der Waals surface area (Å²) < 4.78 is 156. The SMILES string of the molecule is [2H]C1([2H])C[C@@H](c2cccc(F)c2F)CN(CC(F)(F)F)C(=O)[C@@H]1NC(=O)N1C([2H])([2H])C([2H])([2H])C(n2c(=O)[nH]c3ncccc32)C([2H])([2H])C1([2H])[2H]. The zero-order chi connectivity index (χ0) is 37.6. The first-order valence-corrected chi connectivity index (χ1v) is 11.7. The Kier molecular flexibility index (Phi) is 4.81. The first-order chi connectivity index (χ1) is 22.8. The number of nitrogens with zero attached hydrogens (tertiary/aromatic N) is 4. The third kappa shape index (κ3) is 5.65. The van der Waals surface area contributed by atoms with Crippen LogP contribution in [0.25, 0.3) is 11.2 Å². The first-order valence-electron chi connectivity index (χ1n) is 16.7. The Morgan fingerprint density at radius 3 is 2.60 bits per heavy atom. The van der Waals surface area contributed by atoms with Crippen molar-refractivity contribution in [1.29, 1.82) is 0 Å². The lowest BCUT2D eigenvalue weighted by atomic mass is 9.93. The van der Waals surface area contributed by atoms with Crippen LogP contribution in [-0.4, -0.2) is 74.6 Å². The van der Waals surface area contributed by atoms with Gasteiger partial charge >= 0.3 is 17.9 Å². The second-order valence-corrected chi connectivity index (χ2v) is 8.89. The van der Waals surface area contributed by atoms with Gasteiger partial charge in [0.15, 0.2) is 17.3 Å². The molecule has 0 saturated carbocycles. The standard InChI is InChI=1S/C26H27F5N6O3/c27-18-4-1-3-17(21(18)28)15-6-7-19(23(38)36(13-15)14-26(29,30)31)33-24(39)35-11-8-16(9-12-35)37-20-5-2-10-32-22(20)34-25(37)40/h1-5,10,15-16,19H,6-9,11-14H2,(H,33,39)(H,32,34,40)/t15-,19-/m1/s1/i7D2,8D2,9D2,11D2,12D2. The molecular weight excluding hydrogens is 539 g/mol. The molecule has 2 N–H and O–H groups in total. The molecular formula is C26H27F5N6O3. The van der Waals surface area contributed by atoms with E-state index in [2.05, 4.69) is 9.97 Å². The number of likely N-dealkylation sites (tertiary alicyclic amines) is 2. The molecule has 0 unspecified atom stereocenters. The number of nitrogens with one attached hydrogen (secondary N) is 2. The fraction of sp³-hybridized carbons (Fsp3) is 0.462. The lowest BCUT2D eigenvalue weighted by Gasteiger charge is -2.34. The van der Waals surface area contributed by atoms with E-state index in [1.807, 2.05) is 0 Å². The van der Waals surface area contributed by atoms with E-state index in [1.54, 1.807) is 5.32 Å². The smallest absolute Gasteiger partial charge is 0.331 e. The number of piperidine rings is 1. The van der Waals surface area contributed by atoms with Gasteiger partial charge in [-0.2, -0.15) is 13.2 Å². The number of hydrogen-bond acceptors (Lipinski definition) is 4. The Morgan fingerprint density at radius 2 is 1.88 bits per heavy atom. The lowest BCUT2D eigenvalue weighted by Crippen LogP contribution is -2.54. The summed E-state index contributed by atoms with van der Waals surface area (Å²) in [5.74, 6) is -6.36. The van der Waals surface area contributed by atoms with Crippen LogP contribution in [0.15, 0.2) is 41.3 Å². The first kappa shape index (κ1) is 17.7. The van der Waals surface area contributed by atoms with Crippen LogP contribution in [0, 0.1) is 11.6 Å². The zero-order valence-electron chi connectivity index (χ0n) is 30.2. The van der Waals surface area contributed by atoms with Gasteiger partial charge in [0.1, 0.15) is 12.6 Å². The zero-order valence-corrected chi connectivity index (χ0v) is 20.2. The molecule has 5 rings (SSSR count). The third-order valence-electron chi connectivity index (χ3n) is 6.20. The van der Waals surface area contributed by atoms with E-state index in [4.69, 9.17) is 13.7 Å². The summed E-state index contributed by atoms with van der Waals surface area (Å²) in [7, 11) is 0. The van der Waals surface area contributed by atoms with E-state index in [0.29, 0.717) is 10.6 Å². The highest BCUT2D eigenvalue weighted by Gasteiger charge is 2.40. The minimum atomic E-state index is -5.13. The highest BCUT2D eigenvalue weighted by molar-refractivity contribution is 5.87. The van der Waals surface area contributed by atoms with E-state index in [9.17, 15) is 36.3 Å². The van der Waals surface area contributed by atoms with Crippen LogP contribution in [0.3, 0.4) is 0 Å². The molecule has 14 heteroatoms. The predicted molar refractivity (Wildman–Crippen MR) is 133 cm³/mol. The number of imidazole rings is 1. The summed E-state index contributed by atoms with van der Waals surface area (Å²) in [5, 5.41) is 1.65. The maximum Gasteiger partial charge on any atom is 0.406 e. The van der Waals surface area contributed by atoms with Crippen LogP contribution in [0.1, 0.15) is 56.8 Å². The molecule has 3 aromatic rings.